The first-order chi connectivity index (χ1) is 43.0. The molecular formula is C80H62N4O4. The van der Waals surface area contributed by atoms with E-state index in [-0.39, 0.29) is 0 Å². The number of rotatable bonds is 12. The molecule has 8 heteroatoms. The summed E-state index contributed by atoms with van der Waals surface area (Å²) in [5.74, 6) is 0. The highest BCUT2D eigenvalue weighted by molar-refractivity contribution is 6.33. The zero-order valence-corrected chi connectivity index (χ0v) is 50.4. The van der Waals surface area contributed by atoms with Crippen LogP contribution in [0.15, 0.2) is 249 Å². The molecule has 4 heterocycles. The predicted molar refractivity (Wildman–Crippen MR) is 366 cm³/mol. The van der Waals surface area contributed by atoms with Crippen LogP contribution in [0.3, 0.4) is 0 Å². The molecule has 0 amide bonds. The van der Waals surface area contributed by atoms with Crippen LogP contribution in [-0.2, 0) is 0 Å². The van der Waals surface area contributed by atoms with Crippen molar-refractivity contribution in [2.45, 2.75) is 55.4 Å². The molecule has 0 spiro atoms. The average Bonchev–Trinajstić information content (AvgIpc) is 0.725. The van der Waals surface area contributed by atoms with Crippen LogP contribution in [-0.4, -0.2) is 0 Å². The Morgan fingerprint density at radius 1 is 0.239 bits per heavy atom. The number of hydrogen-bond donors (Lipinski definition) is 0. The Labute approximate surface area is 510 Å². The summed E-state index contributed by atoms with van der Waals surface area (Å²) in [6.07, 6.45) is 7.22. The van der Waals surface area contributed by atoms with Gasteiger partial charge in [0.25, 0.3) is 0 Å². The summed E-state index contributed by atoms with van der Waals surface area (Å²) in [5.41, 5.74) is 24.4. The van der Waals surface area contributed by atoms with Gasteiger partial charge in [-0.1, -0.05) is 97.1 Å². The van der Waals surface area contributed by atoms with E-state index in [4.69, 9.17) is 17.7 Å². The molecular weight excluding hydrogens is 1080 g/mol. The molecule has 0 saturated heterocycles. The molecule has 88 heavy (non-hydrogen) atoms. The quantitative estimate of drug-likeness (QED) is 0.112. The zero-order valence-electron chi connectivity index (χ0n) is 50.4. The van der Waals surface area contributed by atoms with Crippen LogP contribution < -0.4 is 19.6 Å². The van der Waals surface area contributed by atoms with Crippen LogP contribution in [0.1, 0.15) is 44.5 Å². The van der Waals surface area contributed by atoms with Crippen molar-refractivity contribution in [3.8, 4) is 0 Å². The second-order valence-electron chi connectivity index (χ2n) is 23.6. The van der Waals surface area contributed by atoms with Gasteiger partial charge >= 0.3 is 0 Å². The van der Waals surface area contributed by atoms with Gasteiger partial charge in [-0.2, -0.15) is 0 Å². The van der Waals surface area contributed by atoms with Crippen molar-refractivity contribution in [2.24, 2.45) is 0 Å². The zero-order chi connectivity index (χ0) is 59.6. The van der Waals surface area contributed by atoms with Gasteiger partial charge in [-0.25, -0.2) is 0 Å². The number of anilines is 12. The molecule has 4 aromatic heterocycles. The Morgan fingerprint density at radius 2 is 0.455 bits per heavy atom. The van der Waals surface area contributed by atoms with Crippen LogP contribution in [0.2, 0.25) is 0 Å². The fraction of sp³-hybridized carbons (Fsp3) is 0.100. The largest absolute Gasteiger partial charge is 0.464 e. The van der Waals surface area contributed by atoms with Crippen LogP contribution in [0.5, 0.6) is 0 Å². The molecule has 12 aromatic carbocycles. The monoisotopic (exact) mass is 1140 g/mol. The summed E-state index contributed by atoms with van der Waals surface area (Å²) in [4.78, 5) is 9.91. The van der Waals surface area contributed by atoms with Crippen molar-refractivity contribution < 1.29 is 17.7 Å². The van der Waals surface area contributed by atoms with Gasteiger partial charge in [0.2, 0.25) is 0 Å². The fourth-order valence-electron chi connectivity index (χ4n) is 14.7. The van der Waals surface area contributed by atoms with Crippen LogP contribution >= 0.6 is 0 Å². The molecule has 426 valence electrons. The van der Waals surface area contributed by atoms with Gasteiger partial charge < -0.3 is 37.3 Å². The summed E-state index contributed by atoms with van der Waals surface area (Å²) in [6.45, 7) is 17.7. The summed E-state index contributed by atoms with van der Waals surface area (Å²) in [7, 11) is 0. The molecule has 0 aliphatic heterocycles. The summed E-state index contributed by atoms with van der Waals surface area (Å²) in [6, 6.07) is 75.0. The number of hydrogen-bond acceptors (Lipinski definition) is 8. The first kappa shape index (κ1) is 52.6. The minimum absolute atomic E-state index is 0.858. The first-order valence-corrected chi connectivity index (χ1v) is 30.1. The van der Waals surface area contributed by atoms with Crippen molar-refractivity contribution in [3.05, 3.63) is 276 Å². The van der Waals surface area contributed by atoms with Crippen molar-refractivity contribution in [1.82, 2.24) is 0 Å². The third-order valence-corrected chi connectivity index (χ3v) is 18.3. The molecule has 0 radical (unpaired) electrons. The highest BCUT2D eigenvalue weighted by Crippen LogP contribution is 2.57. The fourth-order valence-corrected chi connectivity index (χ4v) is 14.7. The Hall–Kier alpha value is -11.0. The number of benzene rings is 12. The Morgan fingerprint density at radius 3 is 0.670 bits per heavy atom. The SMILES string of the molecule is Cc1cc2ccoc2c(C)c1N(c1ccccc1)c1cc(N(c2ccccc2)c2c(C)cc3ccoc3c2C)c2ccc3c(N(c4ccccc4)c4c(C)cc5ccoc5c4C)cc(N(c4ccccc4)c4c(C)cc5ccoc5c4C)c4ccc1c2c43. The van der Waals surface area contributed by atoms with E-state index in [1.807, 2.05) is 0 Å². The molecule has 16 aromatic rings. The van der Waals surface area contributed by atoms with Gasteiger partial charge in [-0.05, 0) is 187 Å². The molecule has 0 saturated carbocycles. The van der Waals surface area contributed by atoms with E-state index in [0.29, 0.717) is 0 Å². The first-order valence-electron chi connectivity index (χ1n) is 30.1. The maximum absolute atomic E-state index is 6.40. The normalized spacial score (nSPS) is 11.9. The average molecular weight is 1140 g/mol. The molecule has 0 atom stereocenters. The molecule has 0 unspecified atom stereocenters. The minimum Gasteiger partial charge on any atom is -0.464 e. The lowest BCUT2D eigenvalue weighted by atomic mass is 9.88. The number of nitrogens with zero attached hydrogens (tertiary/aromatic N) is 4. The third-order valence-electron chi connectivity index (χ3n) is 18.3. The second-order valence-corrected chi connectivity index (χ2v) is 23.6. The standard InChI is InChI=1S/C80H62N4O4/c1-47-41-55-33-37-85-77(55)51(5)73(47)81(59-21-13-9-14-22-59)67-45-68(82(60-23-15-10-16-24-60)74-48(2)42-56-34-38-86-78(56)52(74)6)64-31-32-66-70(84(62-27-19-12-20-28-62)76-50(4)44-58-36-40-88-80(58)54(76)8)46-69(65-30-29-63(67)71(64)72(65)66)83(61-25-17-11-18-26-61)75-49(3)43-57-35-39-87-79(57)53(75)7/h9-46H,1-8H3. The number of para-hydroxylation sites is 4. The molecule has 16 rings (SSSR count). The molecule has 0 N–H and O–H groups in total. The highest BCUT2D eigenvalue weighted by Gasteiger charge is 2.33. The van der Waals surface area contributed by atoms with Gasteiger partial charge in [0, 0.05) is 98.9 Å². The van der Waals surface area contributed by atoms with Gasteiger partial charge in [-0.3, -0.25) is 0 Å². The Balaban J connectivity index is 1.13. The summed E-state index contributed by atoms with van der Waals surface area (Å²) < 4.78 is 25.6. The van der Waals surface area contributed by atoms with Crippen LogP contribution in [0.4, 0.5) is 68.2 Å². The van der Waals surface area contributed by atoms with E-state index >= 15 is 0 Å². The molecule has 0 aliphatic carbocycles. The number of fused-ring (bicyclic) bond motifs is 4. The molecule has 8 nitrogen and oxygen atoms in total. The van der Waals surface area contributed by atoms with E-state index in [1.54, 1.807) is 25.1 Å². The lowest BCUT2D eigenvalue weighted by Crippen LogP contribution is -2.18. The lowest BCUT2D eigenvalue weighted by Gasteiger charge is -2.36. The molecule has 0 bridgehead atoms. The number of aryl methyl sites for hydroxylation is 8. The van der Waals surface area contributed by atoms with Gasteiger partial charge in [0.1, 0.15) is 22.3 Å². The second kappa shape index (κ2) is 20.4. The van der Waals surface area contributed by atoms with Crippen molar-refractivity contribution in [1.29, 1.82) is 0 Å². The van der Waals surface area contributed by atoms with Crippen LogP contribution in [0, 0.1) is 55.4 Å². The Kier molecular flexibility index (Phi) is 12.2. The van der Waals surface area contributed by atoms with E-state index in [2.05, 4.69) is 281 Å². The van der Waals surface area contributed by atoms with Crippen molar-refractivity contribution in [2.75, 3.05) is 19.6 Å². The lowest BCUT2D eigenvalue weighted by molar-refractivity contribution is 0.613. The number of furan rings is 4. The molecule has 0 aliphatic rings. The maximum Gasteiger partial charge on any atom is 0.138 e. The van der Waals surface area contributed by atoms with Crippen molar-refractivity contribution in [3.63, 3.8) is 0 Å². The topological polar surface area (TPSA) is 65.5 Å². The van der Waals surface area contributed by atoms with Crippen LogP contribution in [0.25, 0.3) is 76.2 Å². The predicted octanol–water partition coefficient (Wildman–Crippen LogP) is 23.9. The Bertz CT molecular complexity index is 4720. The molecule has 0 fully saturated rings. The van der Waals surface area contributed by atoms with E-state index < -0.39 is 0 Å². The minimum atomic E-state index is 0.858. The van der Waals surface area contributed by atoms with Gasteiger partial charge in [0.15, 0.2) is 0 Å². The summed E-state index contributed by atoms with van der Waals surface area (Å²) in [5, 5.41) is 10.8. The summed E-state index contributed by atoms with van der Waals surface area (Å²) >= 11 is 0. The van der Waals surface area contributed by atoms with E-state index in [0.717, 1.165) is 189 Å². The van der Waals surface area contributed by atoms with Gasteiger partial charge in [-0.15, -0.1) is 0 Å². The van der Waals surface area contributed by atoms with E-state index in [1.165, 1.54) is 0 Å². The van der Waals surface area contributed by atoms with Gasteiger partial charge in [0.05, 0.1) is 70.6 Å². The third kappa shape index (κ3) is 7.98. The van der Waals surface area contributed by atoms with E-state index in [9.17, 15) is 0 Å². The smallest absolute Gasteiger partial charge is 0.138 e. The highest BCUT2D eigenvalue weighted by atomic mass is 16.3. The maximum atomic E-state index is 6.40. The van der Waals surface area contributed by atoms with Crippen molar-refractivity contribution >= 4 is 144 Å².